The zero-order valence-electron chi connectivity index (χ0n) is 16.8. The van der Waals surface area contributed by atoms with Gasteiger partial charge in [0.1, 0.15) is 0 Å². The van der Waals surface area contributed by atoms with Crippen LogP contribution in [0.15, 0.2) is 121 Å². The van der Waals surface area contributed by atoms with E-state index in [0.29, 0.717) is 0 Å². The number of hydrogen-bond donors (Lipinski definition) is 0. The molecule has 4 aromatic carbocycles. The van der Waals surface area contributed by atoms with Crippen LogP contribution in [0, 0.1) is 0 Å². The fraction of sp³-hybridized carbons (Fsp3) is 0.143. The van der Waals surface area contributed by atoms with Crippen LogP contribution in [0.4, 0.5) is 0 Å². The van der Waals surface area contributed by atoms with Crippen LogP contribution < -0.4 is 0 Å². The Morgan fingerprint density at radius 2 is 0.517 bits per heavy atom. The molecule has 0 spiro atoms. The van der Waals surface area contributed by atoms with Gasteiger partial charge in [-0.15, -0.1) is 0 Å². The van der Waals surface area contributed by atoms with Gasteiger partial charge in [-0.3, -0.25) is 0 Å². The number of hydrogen-bond acceptors (Lipinski definition) is 0. The summed E-state index contributed by atoms with van der Waals surface area (Å²) in [6, 6.07) is 44.7. The van der Waals surface area contributed by atoms with E-state index in [2.05, 4.69) is 121 Å². The van der Waals surface area contributed by atoms with Crippen LogP contribution in [0.1, 0.15) is 22.3 Å². The Morgan fingerprint density at radius 1 is 0.310 bits per heavy atom. The molecule has 0 atom stereocenters. The molecule has 0 unspecified atom stereocenters. The van der Waals surface area contributed by atoms with Crippen LogP contribution in [-0.4, -0.2) is 0 Å². The van der Waals surface area contributed by atoms with Gasteiger partial charge in [0.2, 0.25) is 0 Å². The molecule has 0 saturated carbocycles. The Bertz CT molecular complexity index is 808. The minimum absolute atomic E-state index is 1.27. The molecule has 0 aliphatic carbocycles. The van der Waals surface area contributed by atoms with Crippen LogP contribution in [0.3, 0.4) is 0 Å². The van der Waals surface area contributed by atoms with Crippen molar-refractivity contribution in [3.05, 3.63) is 144 Å². The summed E-state index contributed by atoms with van der Waals surface area (Å²) in [6.07, 6.45) is 0. The minimum atomic E-state index is -2.70. The molecule has 0 aliphatic rings. The fourth-order valence-electron chi connectivity index (χ4n) is 4.02. The van der Waals surface area contributed by atoms with Gasteiger partial charge < -0.3 is 0 Å². The van der Waals surface area contributed by atoms with E-state index in [-0.39, 0.29) is 0 Å². The molecule has 4 aromatic rings. The zero-order chi connectivity index (χ0) is 19.8. The number of rotatable bonds is 8. The van der Waals surface area contributed by atoms with Crippen molar-refractivity contribution in [2.24, 2.45) is 0 Å². The van der Waals surface area contributed by atoms with Crippen molar-refractivity contribution < 1.29 is 16.1 Å². The van der Waals surface area contributed by atoms with Crippen molar-refractivity contribution in [2.45, 2.75) is 19.2 Å². The summed E-state index contributed by atoms with van der Waals surface area (Å²) in [4.78, 5) is 5.08. The van der Waals surface area contributed by atoms with Gasteiger partial charge in [-0.25, -0.2) is 0 Å². The molecule has 0 fully saturated rings. The molecule has 29 heavy (non-hydrogen) atoms. The third-order valence-electron chi connectivity index (χ3n) is 5.26. The quantitative estimate of drug-likeness (QED) is 0.224. The molecule has 0 aromatic heterocycles. The summed E-state index contributed by atoms with van der Waals surface area (Å²) in [5.41, 5.74) is 6.02. The van der Waals surface area contributed by atoms with Gasteiger partial charge in [-0.2, -0.15) is 0 Å². The summed E-state index contributed by atoms with van der Waals surface area (Å²) in [7, 11) is 0. The molecular weight excluding hydrogens is 520 g/mol. The van der Waals surface area contributed by atoms with Gasteiger partial charge >= 0.3 is 179 Å². The van der Waals surface area contributed by atoms with Crippen molar-refractivity contribution in [1.29, 1.82) is 0 Å². The normalized spacial score (nSPS) is 11.9. The molecule has 0 amide bonds. The van der Waals surface area contributed by atoms with Gasteiger partial charge in [0.15, 0.2) is 0 Å². The maximum absolute atomic E-state index is 2.70. The fourth-order valence-corrected chi connectivity index (χ4v) is 19.1. The van der Waals surface area contributed by atoms with Gasteiger partial charge in [0.25, 0.3) is 0 Å². The Morgan fingerprint density at radius 3 is 0.724 bits per heavy atom. The van der Waals surface area contributed by atoms with Gasteiger partial charge in [0.05, 0.1) is 0 Å². The standard InChI is InChI=1S/4C7H7.W/c4*1-7-5-3-2-4-6-7;/h4*2-6H,1H2;. The van der Waals surface area contributed by atoms with E-state index >= 15 is 0 Å². The van der Waals surface area contributed by atoms with Crippen molar-refractivity contribution >= 4 is 0 Å². The third kappa shape index (κ3) is 5.78. The second-order valence-electron chi connectivity index (χ2n) is 7.74. The van der Waals surface area contributed by atoms with E-state index in [4.69, 9.17) is 0 Å². The number of benzene rings is 4. The average molecular weight is 548 g/mol. The van der Waals surface area contributed by atoms with Crippen LogP contribution >= 0.6 is 0 Å². The second kappa shape index (κ2) is 9.86. The Labute approximate surface area is 178 Å². The first-order valence-corrected chi connectivity index (χ1v) is 18.5. The summed E-state index contributed by atoms with van der Waals surface area (Å²) in [5, 5.41) is 0. The second-order valence-corrected chi connectivity index (χ2v) is 20.7. The van der Waals surface area contributed by atoms with Crippen molar-refractivity contribution in [3.63, 3.8) is 0 Å². The van der Waals surface area contributed by atoms with Gasteiger partial charge in [-0.05, 0) is 0 Å². The summed E-state index contributed by atoms with van der Waals surface area (Å²) < 4.78 is 0. The van der Waals surface area contributed by atoms with E-state index in [1.54, 1.807) is 0 Å². The maximum atomic E-state index is 2.33. The molecule has 0 saturated heterocycles. The molecule has 146 valence electrons. The van der Waals surface area contributed by atoms with Crippen LogP contribution in [0.2, 0.25) is 0 Å². The van der Waals surface area contributed by atoms with Crippen LogP contribution in [0.5, 0.6) is 0 Å². The van der Waals surface area contributed by atoms with Crippen molar-refractivity contribution in [1.82, 2.24) is 0 Å². The first-order valence-electron chi connectivity index (χ1n) is 10.2. The SMILES string of the molecule is c1ccc([CH2][W]([CH2]c2ccccc2)([CH2]c2ccccc2)[CH2]c2ccccc2)cc1. The predicted octanol–water partition coefficient (Wildman–Crippen LogP) is 6.94. The molecule has 0 bridgehead atoms. The molecule has 0 heterocycles. The summed E-state index contributed by atoms with van der Waals surface area (Å²) >= 11 is -2.70. The molecule has 0 radical (unpaired) electrons. The Kier molecular flexibility index (Phi) is 6.75. The topological polar surface area (TPSA) is 0 Å². The van der Waals surface area contributed by atoms with Crippen molar-refractivity contribution in [3.8, 4) is 0 Å². The third-order valence-corrected chi connectivity index (χ3v) is 18.9. The molecule has 1 heteroatoms. The van der Waals surface area contributed by atoms with Crippen LogP contribution in [-0.2, 0) is 35.3 Å². The van der Waals surface area contributed by atoms with E-state index in [9.17, 15) is 0 Å². The molecule has 4 rings (SSSR count). The Balaban J connectivity index is 1.75. The summed E-state index contributed by atoms with van der Waals surface area (Å²) in [5.74, 6) is 0. The molecule has 0 nitrogen and oxygen atoms in total. The first kappa shape index (κ1) is 19.9. The monoisotopic (exact) mass is 548 g/mol. The van der Waals surface area contributed by atoms with Crippen molar-refractivity contribution in [2.75, 3.05) is 0 Å². The van der Waals surface area contributed by atoms with E-state index in [1.807, 2.05) is 0 Å². The summed E-state index contributed by atoms with van der Waals surface area (Å²) in [6.45, 7) is 0. The Hall–Kier alpha value is -2.43. The van der Waals surface area contributed by atoms with E-state index in [1.165, 1.54) is 41.5 Å². The van der Waals surface area contributed by atoms with Gasteiger partial charge in [-0.1, -0.05) is 0 Å². The zero-order valence-corrected chi connectivity index (χ0v) is 19.7. The predicted molar refractivity (Wildman–Crippen MR) is 121 cm³/mol. The van der Waals surface area contributed by atoms with E-state index < -0.39 is 16.1 Å². The van der Waals surface area contributed by atoms with E-state index in [0.717, 1.165) is 0 Å². The first-order chi connectivity index (χ1) is 14.3. The molecule has 0 N–H and O–H groups in total. The molecule has 0 aliphatic heterocycles. The van der Waals surface area contributed by atoms with Gasteiger partial charge in [0, 0.05) is 0 Å². The molecular formula is C28H28W. The average Bonchev–Trinajstić information content (AvgIpc) is 2.76. The van der Waals surface area contributed by atoms with Crippen LogP contribution in [0.25, 0.3) is 0 Å².